The van der Waals surface area contributed by atoms with Crippen LogP contribution in [-0.4, -0.2) is 31.5 Å². The monoisotopic (exact) mass is 471 g/mol. The lowest BCUT2D eigenvalue weighted by Crippen LogP contribution is -2.62. The van der Waals surface area contributed by atoms with Crippen molar-refractivity contribution in [2.24, 2.45) is 5.92 Å². The smallest absolute Gasteiger partial charge is 0.114 e. The van der Waals surface area contributed by atoms with Crippen molar-refractivity contribution in [1.29, 1.82) is 5.26 Å². The van der Waals surface area contributed by atoms with E-state index in [4.69, 9.17) is 11.6 Å². The molecule has 0 bridgehead atoms. The van der Waals surface area contributed by atoms with Gasteiger partial charge >= 0.3 is 0 Å². The van der Waals surface area contributed by atoms with Gasteiger partial charge in [-0.25, -0.2) is 4.39 Å². The SMILES string of the molecule is N#CC1=C([C@@H]2CCC3=C(C2)[C@@H](N[C@H]2CCC(F)=C(Cl)C2)N[C@@H](C2=CCCNC2)N3)CCCC1. The first-order valence-corrected chi connectivity index (χ1v) is 13.1. The van der Waals surface area contributed by atoms with Crippen LogP contribution in [0, 0.1) is 17.2 Å². The number of nitriles is 1. The Morgan fingerprint density at radius 1 is 1.09 bits per heavy atom. The van der Waals surface area contributed by atoms with Crippen LogP contribution in [-0.2, 0) is 0 Å². The van der Waals surface area contributed by atoms with E-state index in [9.17, 15) is 9.65 Å². The van der Waals surface area contributed by atoms with E-state index in [1.165, 1.54) is 28.8 Å². The Kier molecular flexibility index (Phi) is 7.22. The van der Waals surface area contributed by atoms with E-state index >= 15 is 0 Å². The van der Waals surface area contributed by atoms with Crippen LogP contribution < -0.4 is 21.3 Å². The van der Waals surface area contributed by atoms with Gasteiger partial charge in [0.2, 0.25) is 0 Å². The van der Waals surface area contributed by atoms with Crippen LogP contribution in [0.3, 0.4) is 0 Å². The summed E-state index contributed by atoms with van der Waals surface area (Å²) in [7, 11) is 0. The Labute approximate surface area is 201 Å². The standard InChI is InChI=1S/C26H35ClFN5/c27-22-13-19(8-9-23(22)28)31-26-21-12-16(20-6-2-1-4-17(20)14-29)7-10-24(21)32-25(33-26)18-5-3-11-30-15-18/h5,16,19,25-26,30-33H,1-4,6-13,15H2/t16-,19+,25+,26+/m1/s1. The molecule has 0 saturated carbocycles. The van der Waals surface area contributed by atoms with Crippen LogP contribution in [0.5, 0.6) is 0 Å². The van der Waals surface area contributed by atoms with E-state index in [1.54, 1.807) is 0 Å². The van der Waals surface area contributed by atoms with E-state index in [0.717, 1.165) is 70.0 Å². The molecule has 5 aliphatic rings. The van der Waals surface area contributed by atoms with Crippen LogP contribution in [0.1, 0.15) is 70.6 Å². The van der Waals surface area contributed by atoms with Gasteiger partial charge in [-0.2, -0.15) is 5.26 Å². The maximum Gasteiger partial charge on any atom is 0.114 e. The molecule has 5 nitrogen and oxygen atoms in total. The van der Waals surface area contributed by atoms with Crippen LogP contribution in [0.25, 0.3) is 0 Å². The summed E-state index contributed by atoms with van der Waals surface area (Å²) < 4.78 is 13.9. The molecule has 3 aliphatic carbocycles. The van der Waals surface area contributed by atoms with Crippen molar-refractivity contribution in [3.05, 3.63) is 44.9 Å². The zero-order valence-electron chi connectivity index (χ0n) is 19.3. The van der Waals surface area contributed by atoms with Gasteiger partial charge in [0.05, 0.1) is 17.3 Å². The molecular formula is C26H35ClFN5. The van der Waals surface area contributed by atoms with Crippen molar-refractivity contribution < 1.29 is 4.39 Å². The lowest BCUT2D eigenvalue weighted by Gasteiger charge is -2.44. The number of hydrogen-bond donors (Lipinski definition) is 4. The fourth-order valence-electron chi connectivity index (χ4n) is 6.19. The minimum absolute atomic E-state index is 0.0298. The molecule has 0 saturated heterocycles. The summed E-state index contributed by atoms with van der Waals surface area (Å²) in [6.45, 7) is 1.92. The molecular weight excluding hydrogens is 437 g/mol. The van der Waals surface area contributed by atoms with Gasteiger partial charge in [-0.3, -0.25) is 10.6 Å². The highest BCUT2D eigenvalue weighted by atomic mass is 35.5. The van der Waals surface area contributed by atoms with Gasteiger partial charge in [0.15, 0.2) is 0 Å². The molecule has 0 aromatic heterocycles. The van der Waals surface area contributed by atoms with Gasteiger partial charge in [-0.15, -0.1) is 0 Å². The van der Waals surface area contributed by atoms with Gasteiger partial charge in [-0.05, 0) is 81.4 Å². The maximum absolute atomic E-state index is 13.9. The third-order valence-electron chi connectivity index (χ3n) is 8.00. The lowest BCUT2D eigenvalue weighted by atomic mass is 9.75. The van der Waals surface area contributed by atoms with Crippen molar-refractivity contribution in [3.8, 4) is 6.07 Å². The van der Waals surface area contributed by atoms with Crippen molar-refractivity contribution >= 4 is 11.6 Å². The quantitative estimate of drug-likeness (QED) is 0.445. The van der Waals surface area contributed by atoms with Crippen LogP contribution in [0.2, 0.25) is 0 Å². The molecule has 0 fully saturated rings. The summed E-state index contributed by atoms with van der Waals surface area (Å²) in [5.74, 6) is 0.293. The fraction of sp³-hybridized carbons (Fsp3) is 0.654. The summed E-state index contributed by atoms with van der Waals surface area (Å²) in [6.07, 6.45) is 12.7. The number of allylic oxidation sites excluding steroid dienone is 4. The molecule has 178 valence electrons. The largest absolute Gasteiger partial charge is 0.370 e. The summed E-state index contributed by atoms with van der Waals surface area (Å²) in [4.78, 5) is 0. The van der Waals surface area contributed by atoms with Crippen LogP contribution in [0.4, 0.5) is 4.39 Å². The molecule has 7 heteroatoms. The van der Waals surface area contributed by atoms with Gasteiger partial charge in [-0.1, -0.05) is 23.3 Å². The molecule has 2 aliphatic heterocycles. The minimum Gasteiger partial charge on any atom is -0.370 e. The molecule has 0 amide bonds. The highest BCUT2D eigenvalue weighted by Crippen LogP contribution is 2.41. The second kappa shape index (κ2) is 10.3. The van der Waals surface area contributed by atoms with E-state index in [0.29, 0.717) is 23.8 Å². The topological polar surface area (TPSA) is 71.9 Å². The molecule has 2 heterocycles. The van der Waals surface area contributed by atoms with Gasteiger partial charge in [0.1, 0.15) is 12.0 Å². The number of rotatable bonds is 4. The predicted molar refractivity (Wildman–Crippen MR) is 130 cm³/mol. The van der Waals surface area contributed by atoms with E-state index in [-0.39, 0.29) is 24.2 Å². The van der Waals surface area contributed by atoms with Crippen molar-refractivity contribution in [3.63, 3.8) is 0 Å². The molecule has 4 N–H and O–H groups in total. The van der Waals surface area contributed by atoms with Gasteiger partial charge in [0.25, 0.3) is 0 Å². The van der Waals surface area contributed by atoms with Gasteiger partial charge in [0, 0.05) is 36.7 Å². The molecule has 0 spiro atoms. The second-order valence-corrected chi connectivity index (χ2v) is 10.6. The average Bonchev–Trinajstić information content (AvgIpc) is 2.86. The van der Waals surface area contributed by atoms with Crippen molar-refractivity contribution in [2.45, 2.75) is 89.0 Å². The average molecular weight is 472 g/mol. The first-order chi connectivity index (χ1) is 16.1. The lowest BCUT2D eigenvalue weighted by molar-refractivity contribution is 0.289. The molecule has 0 aromatic rings. The normalized spacial score (nSPS) is 33.3. The first-order valence-electron chi connectivity index (χ1n) is 12.7. The summed E-state index contributed by atoms with van der Waals surface area (Å²) in [6, 6.07) is 2.66. The highest BCUT2D eigenvalue weighted by molar-refractivity contribution is 6.29. The van der Waals surface area contributed by atoms with Crippen LogP contribution in [0.15, 0.2) is 44.9 Å². The fourth-order valence-corrected chi connectivity index (χ4v) is 6.47. The zero-order valence-corrected chi connectivity index (χ0v) is 20.0. The summed E-state index contributed by atoms with van der Waals surface area (Å²) in [5, 5.41) is 25.0. The first kappa shape index (κ1) is 23.1. The van der Waals surface area contributed by atoms with E-state index < -0.39 is 0 Å². The Morgan fingerprint density at radius 2 is 1.97 bits per heavy atom. The molecule has 5 rings (SSSR count). The summed E-state index contributed by atoms with van der Waals surface area (Å²) in [5.41, 5.74) is 6.52. The molecule has 0 aromatic carbocycles. The third kappa shape index (κ3) is 5.07. The Morgan fingerprint density at radius 3 is 2.76 bits per heavy atom. The van der Waals surface area contributed by atoms with Gasteiger partial charge < -0.3 is 10.6 Å². The molecule has 0 radical (unpaired) electrons. The van der Waals surface area contributed by atoms with Crippen molar-refractivity contribution in [2.75, 3.05) is 13.1 Å². The van der Waals surface area contributed by atoms with E-state index in [2.05, 4.69) is 33.4 Å². The number of nitrogens with zero attached hydrogens (tertiary/aromatic N) is 1. The number of halogens is 2. The van der Waals surface area contributed by atoms with Crippen LogP contribution >= 0.6 is 11.6 Å². The number of nitrogens with one attached hydrogen (secondary N) is 4. The second-order valence-electron chi connectivity index (χ2n) is 10.1. The zero-order chi connectivity index (χ0) is 22.8. The number of hydrogen-bond acceptors (Lipinski definition) is 5. The molecule has 33 heavy (non-hydrogen) atoms. The van der Waals surface area contributed by atoms with E-state index in [1.807, 2.05) is 0 Å². The highest BCUT2D eigenvalue weighted by Gasteiger charge is 2.37. The minimum atomic E-state index is -0.157. The predicted octanol–water partition coefficient (Wildman–Crippen LogP) is 4.76. The maximum atomic E-state index is 13.9. The van der Waals surface area contributed by atoms with Crippen molar-refractivity contribution in [1.82, 2.24) is 21.3 Å². The summed E-state index contributed by atoms with van der Waals surface area (Å²) >= 11 is 6.19. The molecule has 0 unspecified atom stereocenters. The Balaban J connectivity index is 1.39. The third-order valence-corrected chi connectivity index (χ3v) is 8.36. The Hall–Kier alpha value is -1.65. The Bertz CT molecular complexity index is 943. The molecule has 4 atom stereocenters.